The minimum absolute atomic E-state index is 0.0146. The van der Waals surface area contributed by atoms with E-state index in [1.54, 1.807) is 10.6 Å². The Bertz CT molecular complexity index is 986. The minimum atomic E-state index is -4.65. The van der Waals surface area contributed by atoms with E-state index in [2.05, 4.69) is 5.32 Å². The number of carboxylic acids is 1. The van der Waals surface area contributed by atoms with Gasteiger partial charge in [0.05, 0.1) is 12.3 Å². The lowest BCUT2D eigenvalue weighted by atomic mass is 9.73. The molecule has 188 valence electrons. The van der Waals surface area contributed by atoms with Gasteiger partial charge in [0.1, 0.15) is 23.6 Å². The molecule has 1 saturated carbocycles. The van der Waals surface area contributed by atoms with E-state index in [9.17, 15) is 45.9 Å². The van der Waals surface area contributed by atoms with Crippen LogP contribution in [0.15, 0.2) is 0 Å². The fraction of sp³-hybridized carbons (Fsp3) is 0.688. The first kappa shape index (κ1) is 28.4. The number of ketones is 1. The van der Waals surface area contributed by atoms with Crippen molar-refractivity contribution in [2.75, 3.05) is 11.8 Å². The largest absolute Gasteiger partial charge is 0.481 e. The number of nitrogens with one attached hydrogen (secondary N) is 3. The van der Waals surface area contributed by atoms with Gasteiger partial charge in [0.25, 0.3) is 20.2 Å². The van der Waals surface area contributed by atoms with Crippen LogP contribution in [0, 0.1) is 17.8 Å². The van der Waals surface area contributed by atoms with Crippen LogP contribution in [0.5, 0.6) is 0 Å². The molecule has 0 saturated heterocycles. The maximum absolute atomic E-state index is 12.7. The predicted molar refractivity (Wildman–Crippen MR) is 108 cm³/mol. The van der Waals surface area contributed by atoms with Gasteiger partial charge in [-0.05, 0) is 26.2 Å². The van der Waals surface area contributed by atoms with Crippen LogP contribution < -0.4 is 16.0 Å². The molecule has 0 aliphatic heterocycles. The molecule has 1 aliphatic rings. The van der Waals surface area contributed by atoms with Gasteiger partial charge < -0.3 is 21.1 Å². The van der Waals surface area contributed by atoms with Gasteiger partial charge in [-0.1, -0.05) is 0 Å². The van der Waals surface area contributed by atoms with E-state index < -0.39 is 85.9 Å². The highest BCUT2D eigenvalue weighted by molar-refractivity contribution is 7.86. The molecule has 1 fully saturated rings. The zero-order valence-corrected chi connectivity index (χ0v) is 19.0. The summed E-state index contributed by atoms with van der Waals surface area (Å²) in [6.07, 6.45) is -1.02. The average Bonchev–Trinajstić information content (AvgIpc) is 2.68. The lowest BCUT2D eigenvalue weighted by Crippen LogP contribution is -2.52. The Morgan fingerprint density at radius 3 is 1.82 bits per heavy atom. The van der Waals surface area contributed by atoms with Crippen molar-refractivity contribution in [3.63, 3.8) is 0 Å². The molecule has 3 amide bonds. The Labute approximate surface area is 189 Å². The van der Waals surface area contributed by atoms with Gasteiger partial charge in [-0.15, -0.1) is 0 Å². The highest BCUT2D eigenvalue weighted by atomic mass is 32.2. The zero-order chi connectivity index (χ0) is 25.6. The third kappa shape index (κ3) is 10.7. The summed E-state index contributed by atoms with van der Waals surface area (Å²) in [5.74, 6) is -9.96. The maximum Gasteiger partial charge on any atom is 0.306 e. The average molecular weight is 516 g/mol. The SMILES string of the molecule is CC(=O)[C@@H]1C[C@H](C(=O)O)C[C@H](C(=O)NC(CC(=O)NCS(=O)(=O)O)C(=O)NCS(=O)(=O)O)C1. The van der Waals surface area contributed by atoms with Crippen LogP contribution in [0.3, 0.4) is 0 Å². The Balaban J connectivity index is 3.00. The number of aliphatic carboxylic acids is 1. The molecule has 6 N–H and O–H groups in total. The van der Waals surface area contributed by atoms with Gasteiger partial charge >= 0.3 is 5.97 Å². The lowest BCUT2D eigenvalue weighted by Gasteiger charge is -2.31. The molecule has 0 radical (unpaired) electrons. The third-order valence-corrected chi connectivity index (χ3v) is 5.92. The molecule has 1 aliphatic carbocycles. The zero-order valence-electron chi connectivity index (χ0n) is 17.4. The summed E-state index contributed by atoms with van der Waals surface area (Å²) in [7, 11) is -9.25. The summed E-state index contributed by atoms with van der Waals surface area (Å²) in [6.45, 7) is 1.25. The molecule has 0 heterocycles. The van der Waals surface area contributed by atoms with Gasteiger partial charge in [0.15, 0.2) is 0 Å². The summed E-state index contributed by atoms with van der Waals surface area (Å²) in [5, 5.41) is 15.0. The van der Waals surface area contributed by atoms with Gasteiger partial charge in [-0.3, -0.25) is 33.1 Å². The normalized spacial score (nSPS) is 22.0. The topological polar surface area (TPSA) is 250 Å². The predicted octanol–water partition coefficient (Wildman–Crippen LogP) is -2.51. The third-order valence-electron chi connectivity index (χ3n) is 4.91. The summed E-state index contributed by atoms with van der Waals surface area (Å²) in [5.41, 5.74) is 0. The molecule has 15 nitrogen and oxygen atoms in total. The summed E-state index contributed by atoms with van der Waals surface area (Å²) < 4.78 is 60.6. The minimum Gasteiger partial charge on any atom is -0.481 e. The highest BCUT2D eigenvalue weighted by Gasteiger charge is 2.39. The number of Topliss-reactive ketones (excluding diaryl/α,β-unsaturated/α-hetero) is 1. The first-order valence-electron chi connectivity index (χ1n) is 9.47. The summed E-state index contributed by atoms with van der Waals surface area (Å²) >= 11 is 0. The molecule has 33 heavy (non-hydrogen) atoms. The van der Waals surface area contributed by atoms with Gasteiger partial charge in [0, 0.05) is 11.8 Å². The second-order valence-corrected chi connectivity index (χ2v) is 10.5. The van der Waals surface area contributed by atoms with E-state index >= 15 is 0 Å². The van der Waals surface area contributed by atoms with Crippen LogP contribution in [0.1, 0.15) is 32.6 Å². The molecule has 17 heteroatoms. The molecular formula is C16H25N3O12S2. The molecule has 1 unspecified atom stereocenters. The highest BCUT2D eigenvalue weighted by Crippen LogP contribution is 2.34. The van der Waals surface area contributed by atoms with E-state index in [1.165, 1.54) is 6.92 Å². The Kier molecular flexibility index (Phi) is 9.88. The molecule has 0 spiro atoms. The first-order valence-corrected chi connectivity index (χ1v) is 12.7. The second kappa shape index (κ2) is 11.5. The Morgan fingerprint density at radius 1 is 0.848 bits per heavy atom. The van der Waals surface area contributed by atoms with Crippen molar-refractivity contribution in [1.82, 2.24) is 16.0 Å². The summed E-state index contributed by atoms with van der Waals surface area (Å²) in [6, 6.07) is -1.75. The first-order chi connectivity index (χ1) is 15.0. The smallest absolute Gasteiger partial charge is 0.306 e. The number of hydrogen-bond donors (Lipinski definition) is 6. The molecule has 4 atom stereocenters. The van der Waals surface area contributed by atoms with Crippen LogP contribution in [0.25, 0.3) is 0 Å². The Morgan fingerprint density at radius 2 is 1.33 bits per heavy atom. The fourth-order valence-electron chi connectivity index (χ4n) is 3.28. The number of rotatable bonds is 11. The van der Waals surface area contributed by atoms with Crippen LogP contribution in [0.4, 0.5) is 0 Å². The molecule has 0 aromatic carbocycles. The number of amides is 3. The van der Waals surface area contributed by atoms with Crippen LogP contribution in [-0.4, -0.2) is 78.3 Å². The molecular weight excluding hydrogens is 490 g/mol. The van der Waals surface area contributed by atoms with E-state index in [0.717, 1.165) is 0 Å². The molecule has 0 aromatic rings. The van der Waals surface area contributed by atoms with Gasteiger partial charge in [-0.2, -0.15) is 16.8 Å². The van der Waals surface area contributed by atoms with Crippen molar-refractivity contribution in [1.29, 1.82) is 0 Å². The van der Waals surface area contributed by atoms with Crippen LogP contribution in [-0.2, 0) is 44.2 Å². The number of hydrogen-bond acceptors (Lipinski definition) is 9. The van der Waals surface area contributed by atoms with E-state index in [-0.39, 0.29) is 25.0 Å². The fourth-order valence-corrected chi connectivity index (χ4v) is 3.95. The van der Waals surface area contributed by atoms with Gasteiger partial charge in [-0.25, -0.2) is 0 Å². The van der Waals surface area contributed by atoms with Gasteiger partial charge in [0.2, 0.25) is 17.7 Å². The number of carbonyl (C=O) groups is 5. The van der Waals surface area contributed by atoms with Crippen molar-refractivity contribution in [2.24, 2.45) is 17.8 Å². The van der Waals surface area contributed by atoms with Crippen molar-refractivity contribution < 1.29 is 55.0 Å². The molecule has 0 aromatic heterocycles. The van der Waals surface area contributed by atoms with Crippen molar-refractivity contribution in [2.45, 2.75) is 38.6 Å². The van der Waals surface area contributed by atoms with Crippen molar-refractivity contribution >= 4 is 49.7 Å². The Hall–Kier alpha value is -2.63. The monoisotopic (exact) mass is 515 g/mol. The standard InChI is InChI=1S/C16H25N3O12S2/c1-8(20)9-2-10(4-11(3-9)16(24)25)14(22)19-12(15(23)18-7-33(29,30)31)5-13(21)17-6-32(26,27)28/h9-12H,2-7H2,1H3,(H,17,21)(H,18,23)(H,19,22)(H,24,25)(H,26,27,28)(H,29,30,31)/t9-,10+,11-,12?/m0/s1. The summed E-state index contributed by atoms with van der Waals surface area (Å²) in [4.78, 5) is 60.1. The van der Waals surface area contributed by atoms with Crippen LogP contribution in [0.2, 0.25) is 0 Å². The van der Waals surface area contributed by atoms with E-state index in [0.29, 0.717) is 0 Å². The van der Waals surface area contributed by atoms with Crippen LogP contribution >= 0.6 is 0 Å². The van der Waals surface area contributed by atoms with E-state index in [1.807, 2.05) is 0 Å². The molecule has 1 rings (SSSR count). The van der Waals surface area contributed by atoms with Crippen molar-refractivity contribution in [3.05, 3.63) is 0 Å². The van der Waals surface area contributed by atoms with E-state index in [4.69, 9.17) is 9.11 Å². The lowest BCUT2D eigenvalue weighted by molar-refractivity contribution is -0.146. The quantitative estimate of drug-likeness (QED) is 0.156. The molecule has 0 bridgehead atoms. The number of carbonyl (C=O) groups excluding carboxylic acids is 4. The maximum atomic E-state index is 12.7. The van der Waals surface area contributed by atoms with Crippen molar-refractivity contribution in [3.8, 4) is 0 Å². The number of carboxylic acid groups (broad SMARTS) is 1. The second-order valence-electron chi connectivity index (χ2n) is 7.61.